The third-order valence-corrected chi connectivity index (χ3v) is 8.70. The second-order valence-electron chi connectivity index (χ2n) is 11.0. The summed E-state index contributed by atoms with van der Waals surface area (Å²) in [7, 11) is 3.08. The van der Waals surface area contributed by atoms with Gasteiger partial charge in [-0.1, -0.05) is 18.2 Å². The number of aromatic hydroxyl groups is 1. The third-order valence-electron chi connectivity index (χ3n) is 8.70. The van der Waals surface area contributed by atoms with Crippen LogP contribution in [-0.4, -0.2) is 75.3 Å². The number of carbonyl (C=O) groups is 4. The average Bonchev–Trinajstić information content (AvgIpc) is 2.85. The van der Waals surface area contributed by atoms with Crippen LogP contribution in [0.4, 0.5) is 13.2 Å². The molecule has 5 rings (SSSR count). The Bertz CT molecular complexity index is 1440. The Labute approximate surface area is 226 Å². The number of rotatable bonds is 3. The molecule has 0 spiro atoms. The van der Waals surface area contributed by atoms with Gasteiger partial charge >= 0.3 is 6.18 Å². The number of hydrogen-bond donors (Lipinski definition) is 4. The first-order valence-corrected chi connectivity index (χ1v) is 12.6. The van der Waals surface area contributed by atoms with Gasteiger partial charge in [-0.2, -0.15) is 13.2 Å². The zero-order valence-electron chi connectivity index (χ0n) is 21.5. The van der Waals surface area contributed by atoms with Crippen LogP contribution >= 0.6 is 0 Å². The predicted octanol–water partition coefficient (Wildman–Crippen LogP) is 1.34. The number of fused-ring (bicyclic) bond motifs is 3. The van der Waals surface area contributed by atoms with Gasteiger partial charge in [0.05, 0.1) is 23.1 Å². The molecule has 9 nitrogen and oxygen atoms in total. The summed E-state index contributed by atoms with van der Waals surface area (Å²) in [6.07, 6.45) is -6.21. The number of aliphatic hydroxyl groups excluding tert-OH is 1. The first kappa shape index (κ1) is 27.9. The molecule has 5 N–H and O–H groups in total. The SMILES string of the molecule is CN(C)[C@H]1C(O)C(C(N)=O)C(=O)[C@]2(O)C(=O)C3C(=O)c4c(O)ccc(-c5ccc(C(F)(F)F)cc5)c4C[C@@H]3C[C@H]12. The van der Waals surface area contributed by atoms with Crippen LogP contribution in [0.1, 0.15) is 27.9 Å². The predicted molar refractivity (Wildman–Crippen MR) is 133 cm³/mol. The van der Waals surface area contributed by atoms with E-state index in [1.54, 1.807) is 14.1 Å². The van der Waals surface area contributed by atoms with Crippen LogP contribution in [0.3, 0.4) is 0 Å². The maximum absolute atomic E-state index is 13.9. The molecule has 0 bridgehead atoms. The standard InChI is InChI=1S/C28H27F3N2O7/c1-33(2)21-16-10-12-9-15-14(11-3-5-13(6-4-11)28(29,30)31)7-8-17(34)19(15)22(35)18(12)24(37)27(16,40)25(38)20(23(21)36)26(32)39/h3-8,12,16,18,20-21,23,34,36,40H,9-10H2,1-2H3,(H2,32,39)/t12-,16-,18?,20?,21-,23?,27-/m1/s1. The van der Waals surface area contributed by atoms with Gasteiger partial charge in [-0.05, 0) is 67.7 Å². The Morgan fingerprint density at radius 1 is 1.05 bits per heavy atom. The normalized spacial score (nSPS) is 31.9. The fourth-order valence-electron chi connectivity index (χ4n) is 6.93. The summed E-state index contributed by atoms with van der Waals surface area (Å²) < 4.78 is 39.3. The van der Waals surface area contributed by atoms with Crippen LogP contribution < -0.4 is 5.73 Å². The summed E-state index contributed by atoms with van der Waals surface area (Å²) in [5.41, 5.74) is 2.58. The molecule has 0 aromatic heterocycles. The average molecular weight is 561 g/mol. The first-order valence-electron chi connectivity index (χ1n) is 12.6. The van der Waals surface area contributed by atoms with Crippen molar-refractivity contribution >= 4 is 23.3 Å². The highest BCUT2D eigenvalue weighted by atomic mass is 19.4. The van der Waals surface area contributed by atoms with E-state index >= 15 is 0 Å². The zero-order chi connectivity index (χ0) is 29.5. The molecule has 0 radical (unpaired) electrons. The van der Waals surface area contributed by atoms with E-state index in [-0.39, 0.29) is 18.4 Å². The number of phenolic OH excluding ortho intramolecular Hbond substituents is 1. The fourth-order valence-corrected chi connectivity index (χ4v) is 6.93. The molecular weight excluding hydrogens is 533 g/mol. The Hall–Kier alpha value is -3.61. The van der Waals surface area contributed by atoms with Crippen molar-refractivity contribution < 1.29 is 47.7 Å². The summed E-state index contributed by atoms with van der Waals surface area (Å²) in [4.78, 5) is 54.6. The highest BCUT2D eigenvalue weighted by Crippen LogP contribution is 2.52. The molecule has 3 unspecified atom stereocenters. The topological polar surface area (TPSA) is 158 Å². The van der Waals surface area contributed by atoms with E-state index in [1.807, 2.05) is 0 Å². The minimum absolute atomic E-state index is 0.0263. The number of benzene rings is 2. The second kappa shape index (κ2) is 9.22. The van der Waals surface area contributed by atoms with Gasteiger partial charge in [-0.3, -0.25) is 19.2 Å². The van der Waals surface area contributed by atoms with Gasteiger partial charge in [0.15, 0.2) is 23.0 Å². The molecule has 12 heteroatoms. The number of halogens is 3. The van der Waals surface area contributed by atoms with Crippen LogP contribution in [0.15, 0.2) is 36.4 Å². The largest absolute Gasteiger partial charge is 0.507 e. The van der Waals surface area contributed by atoms with Gasteiger partial charge in [0.1, 0.15) is 11.7 Å². The summed E-state index contributed by atoms with van der Waals surface area (Å²) in [5, 5.41) is 33.2. The third kappa shape index (κ3) is 3.88. The van der Waals surface area contributed by atoms with Gasteiger partial charge in [0.25, 0.3) is 0 Å². The molecule has 1 amide bonds. The van der Waals surface area contributed by atoms with E-state index in [0.29, 0.717) is 16.7 Å². The number of primary amides is 1. The van der Waals surface area contributed by atoms with Crippen molar-refractivity contribution in [1.82, 2.24) is 4.90 Å². The first-order chi connectivity index (χ1) is 18.6. The van der Waals surface area contributed by atoms with Gasteiger partial charge in [0.2, 0.25) is 5.91 Å². The molecule has 0 aliphatic heterocycles. The molecule has 212 valence electrons. The molecule has 2 fully saturated rings. The van der Waals surface area contributed by atoms with Crippen molar-refractivity contribution in [3.05, 3.63) is 53.1 Å². The smallest absolute Gasteiger partial charge is 0.416 e. The van der Waals surface area contributed by atoms with E-state index in [2.05, 4.69) is 0 Å². The second-order valence-corrected chi connectivity index (χ2v) is 11.0. The van der Waals surface area contributed by atoms with E-state index in [9.17, 15) is 47.7 Å². The van der Waals surface area contributed by atoms with Crippen LogP contribution in [0, 0.1) is 23.7 Å². The molecule has 0 saturated heterocycles. The van der Waals surface area contributed by atoms with E-state index in [1.165, 1.54) is 29.2 Å². The molecule has 40 heavy (non-hydrogen) atoms. The number of likely N-dealkylation sites (N-methyl/N-ethyl adjacent to an activating group) is 1. The number of phenols is 1. The fraction of sp³-hybridized carbons (Fsp3) is 0.429. The lowest BCUT2D eigenvalue weighted by atomic mass is 9.52. The molecule has 2 aromatic rings. The number of Topliss-reactive ketones (excluding diaryl/α,β-unsaturated/α-hetero) is 3. The van der Waals surface area contributed by atoms with E-state index in [4.69, 9.17) is 5.73 Å². The minimum atomic E-state index is -4.55. The number of aliphatic hydroxyl groups is 2. The molecule has 2 aromatic carbocycles. The zero-order valence-corrected chi connectivity index (χ0v) is 21.5. The number of ketones is 3. The van der Waals surface area contributed by atoms with E-state index in [0.717, 1.165) is 12.1 Å². The Balaban J connectivity index is 1.62. The minimum Gasteiger partial charge on any atom is -0.507 e. The van der Waals surface area contributed by atoms with Gasteiger partial charge < -0.3 is 26.0 Å². The monoisotopic (exact) mass is 560 g/mol. The lowest BCUT2D eigenvalue weighted by Gasteiger charge is -2.54. The lowest BCUT2D eigenvalue weighted by molar-refractivity contribution is -0.190. The van der Waals surface area contributed by atoms with Crippen LogP contribution in [0.2, 0.25) is 0 Å². The molecule has 0 heterocycles. The maximum atomic E-state index is 13.9. The van der Waals surface area contributed by atoms with Crippen molar-refractivity contribution in [3.8, 4) is 16.9 Å². The molecule has 7 atom stereocenters. The van der Waals surface area contributed by atoms with Crippen molar-refractivity contribution in [2.45, 2.75) is 36.8 Å². The summed E-state index contributed by atoms with van der Waals surface area (Å²) in [5.74, 6) is -10.3. The van der Waals surface area contributed by atoms with E-state index < -0.39 is 82.2 Å². The molecule has 2 saturated carbocycles. The quantitative estimate of drug-likeness (QED) is 0.410. The van der Waals surface area contributed by atoms with Crippen LogP contribution in [-0.2, 0) is 27.0 Å². The van der Waals surface area contributed by atoms with Crippen LogP contribution in [0.25, 0.3) is 11.1 Å². The Kier molecular flexibility index (Phi) is 6.44. The van der Waals surface area contributed by atoms with Gasteiger partial charge in [-0.15, -0.1) is 0 Å². The summed E-state index contributed by atoms with van der Waals surface area (Å²) >= 11 is 0. The number of alkyl halides is 3. The highest BCUT2D eigenvalue weighted by Gasteiger charge is 2.69. The van der Waals surface area contributed by atoms with Gasteiger partial charge in [0, 0.05) is 12.0 Å². The molecular formula is C28H27F3N2O7. The molecule has 3 aliphatic rings. The van der Waals surface area contributed by atoms with Gasteiger partial charge in [-0.25, -0.2) is 0 Å². The van der Waals surface area contributed by atoms with Crippen molar-refractivity contribution in [3.63, 3.8) is 0 Å². The number of hydrogen-bond acceptors (Lipinski definition) is 8. The summed E-state index contributed by atoms with van der Waals surface area (Å²) in [6.45, 7) is 0. The number of nitrogens with two attached hydrogens (primary N) is 1. The molecule has 3 aliphatic carbocycles. The van der Waals surface area contributed by atoms with Crippen molar-refractivity contribution in [2.75, 3.05) is 14.1 Å². The Morgan fingerprint density at radius 3 is 2.23 bits per heavy atom. The van der Waals surface area contributed by atoms with Crippen molar-refractivity contribution in [1.29, 1.82) is 0 Å². The van der Waals surface area contributed by atoms with Crippen LogP contribution in [0.5, 0.6) is 5.75 Å². The number of carbonyl (C=O) groups excluding carboxylic acids is 4. The highest BCUT2D eigenvalue weighted by molar-refractivity contribution is 6.25. The van der Waals surface area contributed by atoms with Crippen molar-refractivity contribution in [2.24, 2.45) is 29.4 Å². The number of nitrogens with zero attached hydrogens (tertiary/aromatic N) is 1. The lowest BCUT2D eigenvalue weighted by Crippen LogP contribution is -2.75. The summed E-state index contributed by atoms with van der Waals surface area (Å²) in [6, 6.07) is 5.93. The maximum Gasteiger partial charge on any atom is 0.416 e. The Morgan fingerprint density at radius 2 is 1.68 bits per heavy atom. The number of amides is 1.